The molecule has 0 aliphatic carbocycles. The number of hydrogen-bond acceptors (Lipinski definition) is 3. The Morgan fingerprint density at radius 3 is 2.27 bits per heavy atom. The lowest BCUT2D eigenvalue weighted by Crippen LogP contribution is -2.19. The van der Waals surface area contributed by atoms with Gasteiger partial charge in [0.05, 0.1) is 35.5 Å². The molecule has 0 saturated carbocycles. The minimum absolute atomic E-state index is 0.155. The van der Waals surface area contributed by atoms with Crippen molar-refractivity contribution in [3.63, 3.8) is 0 Å². The second-order valence-corrected chi connectivity index (χ2v) is 7.66. The van der Waals surface area contributed by atoms with Crippen LogP contribution in [0.4, 0.5) is 5.69 Å². The van der Waals surface area contributed by atoms with Crippen molar-refractivity contribution in [1.29, 1.82) is 0 Å². The molecule has 3 aromatic carbocycles. The van der Waals surface area contributed by atoms with Crippen LogP contribution in [-0.4, -0.2) is 22.6 Å². The van der Waals surface area contributed by atoms with Crippen LogP contribution >= 0.6 is 15.9 Å². The van der Waals surface area contributed by atoms with Crippen molar-refractivity contribution in [2.75, 3.05) is 7.11 Å². The summed E-state index contributed by atoms with van der Waals surface area (Å²) in [6, 6.07) is 24.8. The molecule has 0 bridgehead atoms. The van der Waals surface area contributed by atoms with E-state index in [1.54, 1.807) is 7.11 Å². The highest BCUT2D eigenvalue weighted by Gasteiger charge is 2.19. The van der Waals surface area contributed by atoms with Crippen LogP contribution in [0.25, 0.3) is 16.9 Å². The third-order valence-corrected chi connectivity index (χ3v) is 5.30. The van der Waals surface area contributed by atoms with E-state index >= 15 is 0 Å². The standard InChI is InChI=1S/C24H20BrN3O2/c1-16(26-19-10-8-18(25)9-11-19)22-23(17-6-4-3-5-7-17)27-28(24(22)29)20-12-14-21(30-2)15-13-20/h3-15,27H,1-2H3. The quantitative estimate of drug-likeness (QED) is 0.385. The molecular weight excluding hydrogens is 442 g/mol. The van der Waals surface area contributed by atoms with Gasteiger partial charge in [-0.05, 0) is 55.5 Å². The van der Waals surface area contributed by atoms with Crippen LogP contribution in [0.15, 0.2) is 93.1 Å². The second kappa shape index (κ2) is 8.55. The number of hydrogen-bond donors (Lipinski definition) is 1. The van der Waals surface area contributed by atoms with E-state index in [1.165, 1.54) is 4.68 Å². The Labute approximate surface area is 182 Å². The number of nitrogens with one attached hydrogen (secondary N) is 1. The van der Waals surface area contributed by atoms with Gasteiger partial charge in [0, 0.05) is 10.0 Å². The summed E-state index contributed by atoms with van der Waals surface area (Å²) < 4.78 is 7.75. The van der Waals surface area contributed by atoms with Gasteiger partial charge in [0.2, 0.25) is 0 Å². The molecule has 0 aliphatic rings. The number of aliphatic imine (C=N–C) groups is 1. The summed E-state index contributed by atoms with van der Waals surface area (Å²) in [4.78, 5) is 18.1. The molecule has 0 fully saturated rings. The topological polar surface area (TPSA) is 59.4 Å². The lowest BCUT2D eigenvalue weighted by Gasteiger charge is -2.04. The van der Waals surface area contributed by atoms with Crippen LogP contribution < -0.4 is 10.3 Å². The molecule has 1 heterocycles. The largest absolute Gasteiger partial charge is 0.497 e. The Kier molecular flexibility index (Phi) is 5.68. The van der Waals surface area contributed by atoms with Crippen molar-refractivity contribution in [1.82, 2.24) is 9.78 Å². The molecule has 0 atom stereocenters. The first kappa shape index (κ1) is 19.9. The van der Waals surface area contributed by atoms with Crippen LogP contribution in [0, 0.1) is 0 Å². The Hall–Kier alpha value is -3.38. The number of aromatic nitrogens is 2. The van der Waals surface area contributed by atoms with Gasteiger partial charge in [-0.25, -0.2) is 4.68 Å². The van der Waals surface area contributed by atoms with Crippen molar-refractivity contribution < 1.29 is 4.74 Å². The van der Waals surface area contributed by atoms with E-state index in [4.69, 9.17) is 9.73 Å². The number of benzene rings is 3. The first-order valence-corrected chi connectivity index (χ1v) is 10.2. The molecule has 0 spiro atoms. The van der Waals surface area contributed by atoms with Gasteiger partial charge in [-0.2, -0.15) is 0 Å². The molecule has 1 aromatic heterocycles. The normalized spacial score (nSPS) is 11.5. The van der Waals surface area contributed by atoms with Gasteiger partial charge < -0.3 is 4.74 Å². The number of methoxy groups -OCH3 is 1. The Morgan fingerprint density at radius 1 is 0.967 bits per heavy atom. The fourth-order valence-electron chi connectivity index (χ4n) is 3.26. The molecule has 0 unspecified atom stereocenters. The van der Waals surface area contributed by atoms with Crippen LogP contribution in [-0.2, 0) is 0 Å². The van der Waals surface area contributed by atoms with E-state index in [2.05, 4.69) is 21.0 Å². The maximum atomic E-state index is 13.4. The number of ether oxygens (including phenoxy) is 1. The van der Waals surface area contributed by atoms with E-state index in [0.29, 0.717) is 11.3 Å². The van der Waals surface area contributed by atoms with Crippen LogP contribution in [0.1, 0.15) is 12.5 Å². The highest BCUT2D eigenvalue weighted by molar-refractivity contribution is 9.10. The van der Waals surface area contributed by atoms with Crippen LogP contribution in [0.5, 0.6) is 5.75 Å². The van der Waals surface area contributed by atoms with Crippen LogP contribution in [0.2, 0.25) is 0 Å². The van der Waals surface area contributed by atoms with Gasteiger partial charge in [-0.15, -0.1) is 0 Å². The molecule has 0 aliphatic heterocycles. The van der Waals surface area contributed by atoms with Gasteiger partial charge in [0.25, 0.3) is 5.56 Å². The second-order valence-electron chi connectivity index (χ2n) is 6.74. The third-order valence-electron chi connectivity index (χ3n) is 4.77. The maximum absolute atomic E-state index is 13.4. The monoisotopic (exact) mass is 461 g/mol. The number of aromatic amines is 1. The van der Waals surface area contributed by atoms with Crippen molar-refractivity contribution in [3.8, 4) is 22.7 Å². The molecule has 150 valence electrons. The van der Waals surface area contributed by atoms with E-state index in [1.807, 2.05) is 85.8 Å². The lowest BCUT2D eigenvalue weighted by atomic mass is 10.1. The molecule has 1 N–H and O–H groups in total. The molecule has 30 heavy (non-hydrogen) atoms. The zero-order valence-corrected chi connectivity index (χ0v) is 18.2. The smallest absolute Gasteiger partial charge is 0.280 e. The Balaban J connectivity index is 1.88. The fourth-order valence-corrected chi connectivity index (χ4v) is 3.53. The van der Waals surface area contributed by atoms with Gasteiger partial charge in [0.1, 0.15) is 5.75 Å². The predicted molar refractivity (Wildman–Crippen MR) is 124 cm³/mol. The van der Waals surface area contributed by atoms with E-state index in [0.717, 1.165) is 32.9 Å². The third kappa shape index (κ3) is 4.00. The van der Waals surface area contributed by atoms with Gasteiger partial charge in [-0.1, -0.05) is 46.3 Å². The lowest BCUT2D eigenvalue weighted by molar-refractivity contribution is 0.414. The molecule has 6 heteroatoms. The average Bonchev–Trinajstić information content (AvgIpc) is 3.13. The maximum Gasteiger partial charge on any atom is 0.280 e. The van der Waals surface area contributed by atoms with Crippen LogP contribution in [0.3, 0.4) is 0 Å². The minimum atomic E-state index is -0.155. The average molecular weight is 462 g/mol. The number of H-pyrrole nitrogens is 1. The Bertz CT molecular complexity index is 1240. The van der Waals surface area contributed by atoms with Crippen molar-refractivity contribution in [2.45, 2.75) is 6.92 Å². The summed E-state index contributed by atoms with van der Waals surface area (Å²) in [6.07, 6.45) is 0. The zero-order chi connectivity index (χ0) is 21.1. The highest BCUT2D eigenvalue weighted by Crippen LogP contribution is 2.24. The van der Waals surface area contributed by atoms with E-state index in [9.17, 15) is 4.79 Å². The highest BCUT2D eigenvalue weighted by atomic mass is 79.9. The summed E-state index contributed by atoms with van der Waals surface area (Å²) in [6.45, 7) is 1.86. The van der Waals surface area contributed by atoms with Crippen molar-refractivity contribution in [3.05, 3.63) is 99.3 Å². The van der Waals surface area contributed by atoms with Gasteiger partial charge >= 0.3 is 0 Å². The molecule has 4 rings (SSSR count). The summed E-state index contributed by atoms with van der Waals surface area (Å²) in [5.41, 5.74) is 4.19. The molecular formula is C24H20BrN3O2. The number of nitrogens with zero attached hydrogens (tertiary/aromatic N) is 2. The zero-order valence-electron chi connectivity index (χ0n) is 16.6. The van der Waals surface area contributed by atoms with E-state index < -0.39 is 0 Å². The Morgan fingerprint density at radius 2 is 1.63 bits per heavy atom. The first-order chi connectivity index (χ1) is 14.6. The fraction of sp³-hybridized carbons (Fsp3) is 0.0833. The van der Waals surface area contributed by atoms with Crippen molar-refractivity contribution in [2.24, 2.45) is 4.99 Å². The molecule has 0 radical (unpaired) electrons. The number of rotatable bonds is 5. The summed E-state index contributed by atoms with van der Waals surface area (Å²) in [7, 11) is 1.61. The van der Waals surface area contributed by atoms with Crippen molar-refractivity contribution >= 4 is 27.3 Å². The first-order valence-electron chi connectivity index (χ1n) is 9.43. The summed E-state index contributed by atoms with van der Waals surface area (Å²) in [5, 5.41) is 3.27. The molecule has 4 aromatic rings. The SMILES string of the molecule is COc1ccc(-n2[nH]c(-c3ccccc3)c(C(C)=Nc3ccc(Br)cc3)c2=O)cc1. The molecule has 5 nitrogen and oxygen atoms in total. The number of halogens is 1. The van der Waals surface area contributed by atoms with Gasteiger partial charge in [-0.3, -0.25) is 14.9 Å². The summed E-state index contributed by atoms with van der Waals surface area (Å²) in [5.74, 6) is 0.731. The molecule has 0 saturated heterocycles. The van der Waals surface area contributed by atoms with E-state index in [-0.39, 0.29) is 5.56 Å². The minimum Gasteiger partial charge on any atom is -0.497 e. The molecule has 0 amide bonds. The van der Waals surface area contributed by atoms with Gasteiger partial charge in [0.15, 0.2) is 0 Å². The predicted octanol–water partition coefficient (Wildman–Crippen LogP) is 5.74. The summed E-state index contributed by atoms with van der Waals surface area (Å²) >= 11 is 3.43.